The van der Waals surface area contributed by atoms with Crippen LogP contribution in [0.25, 0.3) is 0 Å². The van der Waals surface area contributed by atoms with Crippen LogP contribution in [0.3, 0.4) is 0 Å². The Morgan fingerprint density at radius 1 is 1.32 bits per heavy atom. The van der Waals surface area contributed by atoms with Gasteiger partial charge in [0.2, 0.25) is 5.91 Å². The molecule has 118 valence electrons. The zero-order chi connectivity index (χ0) is 16.1. The Morgan fingerprint density at radius 3 is 2.77 bits per heavy atom. The Hall–Kier alpha value is -2.44. The molecule has 0 saturated heterocycles. The molecule has 0 atom stereocenters. The Bertz CT molecular complexity index is 600. The highest BCUT2D eigenvalue weighted by molar-refractivity contribution is 5.89. The molecule has 0 aromatic carbocycles. The molecule has 22 heavy (non-hydrogen) atoms. The van der Waals surface area contributed by atoms with Crippen LogP contribution in [-0.2, 0) is 27.3 Å². The number of nitrogens with zero attached hydrogens (tertiary/aromatic N) is 2. The van der Waals surface area contributed by atoms with E-state index in [4.69, 9.17) is 9.84 Å². The van der Waals surface area contributed by atoms with Crippen LogP contribution in [0.1, 0.15) is 41.3 Å². The molecule has 0 spiro atoms. The molecule has 1 aliphatic heterocycles. The van der Waals surface area contributed by atoms with Gasteiger partial charge in [-0.1, -0.05) is 0 Å². The summed E-state index contributed by atoms with van der Waals surface area (Å²) in [6.07, 6.45) is 3.56. The first kappa shape index (κ1) is 15.9. The monoisotopic (exact) mass is 306 g/mol. The van der Waals surface area contributed by atoms with Gasteiger partial charge in [-0.3, -0.25) is 14.6 Å². The van der Waals surface area contributed by atoms with Crippen molar-refractivity contribution in [1.82, 2.24) is 9.88 Å². The van der Waals surface area contributed by atoms with Crippen molar-refractivity contribution in [1.29, 1.82) is 0 Å². The second kappa shape index (κ2) is 7.02. The van der Waals surface area contributed by atoms with Crippen LogP contribution in [-0.4, -0.2) is 46.0 Å². The summed E-state index contributed by atoms with van der Waals surface area (Å²) in [6.45, 7) is 2.78. The number of aromatic nitrogens is 1. The summed E-state index contributed by atoms with van der Waals surface area (Å²) in [5, 5.41) is 9.14. The molecule has 0 radical (unpaired) electrons. The van der Waals surface area contributed by atoms with Crippen LogP contribution >= 0.6 is 0 Å². The molecule has 2 rings (SSSR count). The van der Waals surface area contributed by atoms with Crippen LogP contribution in [0, 0.1) is 0 Å². The average molecular weight is 306 g/mol. The summed E-state index contributed by atoms with van der Waals surface area (Å²) in [7, 11) is 0. The van der Waals surface area contributed by atoms with Gasteiger partial charge in [-0.05, 0) is 24.5 Å². The van der Waals surface area contributed by atoms with E-state index in [1.807, 2.05) is 0 Å². The summed E-state index contributed by atoms with van der Waals surface area (Å²) >= 11 is 0. The minimum Gasteiger partial charge on any atom is -0.478 e. The molecule has 2 heterocycles. The number of hydrogen-bond acceptors (Lipinski definition) is 5. The average Bonchev–Trinajstić information content (AvgIpc) is 2.51. The van der Waals surface area contributed by atoms with Gasteiger partial charge < -0.3 is 14.7 Å². The predicted molar refractivity (Wildman–Crippen MR) is 76.2 cm³/mol. The predicted octanol–water partition coefficient (Wildman–Crippen LogP) is 1.01. The van der Waals surface area contributed by atoms with E-state index >= 15 is 0 Å². The number of esters is 1. The fourth-order valence-electron chi connectivity index (χ4n) is 2.49. The third-order valence-corrected chi connectivity index (χ3v) is 3.57. The van der Waals surface area contributed by atoms with E-state index in [1.165, 1.54) is 6.20 Å². The normalized spacial score (nSPS) is 13.4. The molecular formula is C15H18N2O5. The molecule has 0 fully saturated rings. The van der Waals surface area contributed by atoms with Crippen LogP contribution in [0.15, 0.2) is 12.4 Å². The quantitative estimate of drug-likeness (QED) is 0.815. The third kappa shape index (κ3) is 3.60. The van der Waals surface area contributed by atoms with Gasteiger partial charge in [0, 0.05) is 31.9 Å². The van der Waals surface area contributed by atoms with Crippen molar-refractivity contribution >= 4 is 17.8 Å². The molecular weight excluding hydrogens is 288 g/mol. The van der Waals surface area contributed by atoms with Gasteiger partial charge in [0.1, 0.15) is 0 Å². The Labute approximate surface area is 127 Å². The van der Waals surface area contributed by atoms with Gasteiger partial charge in [0.25, 0.3) is 0 Å². The molecule has 0 aliphatic carbocycles. The first-order chi connectivity index (χ1) is 10.5. The van der Waals surface area contributed by atoms with Crippen molar-refractivity contribution in [2.24, 2.45) is 0 Å². The van der Waals surface area contributed by atoms with Crippen molar-refractivity contribution in [3.05, 3.63) is 29.1 Å². The molecule has 1 aromatic rings. The van der Waals surface area contributed by atoms with E-state index in [0.29, 0.717) is 26.1 Å². The molecule has 0 unspecified atom stereocenters. The van der Waals surface area contributed by atoms with E-state index in [1.54, 1.807) is 18.0 Å². The number of amides is 1. The van der Waals surface area contributed by atoms with E-state index in [2.05, 4.69) is 4.98 Å². The lowest BCUT2D eigenvalue weighted by atomic mass is 9.97. The van der Waals surface area contributed by atoms with Crippen molar-refractivity contribution in [3.63, 3.8) is 0 Å². The van der Waals surface area contributed by atoms with Crippen molar-refractivity contribution < 1.29 is 24.2 Å². The maximum Gasteiger partial charge on any atom is 0.337 e. The molecule has 1 amide bonds. The highest BCUT2D eigenvalue weighted by Gasteiger charge is 2.24. The largest absolute Gasteiger partial charge is 0.478 e. The van der Waals surface area contributed by atoms with Crippen LogP contribution in [0.4, 0.5) is 0 Å². The van der Waals surface area contributed by atoms with Gasteiger partial charge in [-0.2, -0.15) is 0 Å². The Balaban J connectivity index is 2.00. The maximum absolute atomic E-state index is 12.1. The number of ether oxygens (including phenoxy) is 1. The second-order valence-corrected chi connectivity index (χ2v) is 5.00. The molecule has 0 saturated carbocycles. The maximum atomic E-state index is 12.1. The zero-order valence-corrected chi connectivity index (χ0v) is 12.4. The van der Waals surface area contributed by atoms with Crippen molar-refractivity contribution in [2.45, 2.75) is 32.7 Å². The fraction of sp³-hybridized carbons (Fsp3) is 0.467. The van der Waals surface area contributed by atoms with Crippen molar-refractivity contribution in [2.75, 3.05) is 13.2 Å². The zero-order valence-electron chi connectivity index (χ0n) is 12.4. The number of aromatic carboxylic acids is 1. The summed E-state index contributed by atoms with van der Waals surface area (Å²) in [5.41, 5.74) is 1.67. The van der Waals surface area contributed by atoms with Gasteiger partial charge >= 0.3 is 11.9 Å². The standard InChI is InChI=1S/C15H18N2O5/c1-2-22-14(19)4-3-13(18)17-6-5-11-10(9-17)7-16-8-12(11)15(20)21/h7-8H,2-6,9H2,1H3,(H,20,21). The molecule has 1 N–H and O–H groups in total. The third-order valence-electron chi connectivity index (χ3n) is 3.57. The Morgan fingerprint density at radius 2 is 2.09 bits per heavy atom. The number of carboxylic acid groups (broad SMARTS) is 1. The minimum atomic E-state index is -1.01. The van der Waals surface area contributed by atoms with E-state index in [9.17, 15) is 14.4 Å². The number of rotatable bonds is 5. The number of hydrogen-bond donors (Lipinski definition) is 1. The summed E-state index contributed by atoms with van der Waals surface area (Å²) in [4.78, 5) is 40.1. The van der Waals surface area contributed by atoms with E-state index < -0.39 is 5.97 Å². The summed E-state index contributed by atoms with van der Waals surface area (Å²) < 4.78 is 4.79. The van der Waals surface area contributed by atoms with Gasteiger partial charge in [0.05, 0.1) is 18.6 Å². The molecule has 7 nitrogen and oxygen atoms in total. The number of fused-ring (bicyclic) bond motifs is 1. The number of carboxylic acids is 1. The molecule has 0 bridgehead atoms. The first-order valence-electron chi connectivity index (χ1n) is 7.15. The smallest absolute Gasteiger partial charge is 0.337 e. The van der Waals surface area contributed by atoms with Crippen LogP contribution in [0.2, 0.25) is 0 Å². The minimum absolute atomic E-state index is 0.0590. The number of pyridine rings is 1. The lowest BCUT2D eigenvalue weighted by molar-refractivity contribution is -0.145. The Kier molecular flexibility index (Phi) is 5.08. The SMILES string of the molecule is CCOC(=O)CCC(=O)N1CCc2c(cncc2C(=O)O)C1. The van der Waals surface area contributed by atoms with E-state index in [-0.39, 0.29) is 30.3 Å². The first-order valence-corrected chi connectivity index (χ1v) is 7.15. The van der Waals surface area contributed by atoms with Crippen LogP contribution < -0.4 is 0 Å². The van der Waals surface area contributed by atoms with E-state index in [0.717, 1.165) is 11.1 Å². The lowest BCUT2D eigenvalue weighted by Gasteiger charge is -2.29. The summed E-state index contributed by atoms with van der Waals surface area (Å²) in [6, 6.07) is 0. The topological polar surface area (TPSA) is 96.8 Å². The second-order valence-electron chi connectivity index (χ2n) is 5.00. The molecule has 7 heteroatoms. The van der Waals surface area contributed by atoms with Gasteiger partial charge in [-0.25, -0.2) is 4.79 Å². The molecule has 1 aromatic heterocycles. The van der Waals surface area contributed by atoms with Gasteiger partial charge in [-0.15, -0.1) is 0 Å². The lowest BCUT2D eigenvalue weighted by Crippen LogP contribution is -2.36. The number of carbonyl (C=O) groups excluding carboxylic acids is 2. The van der Waals surface area contributed by atoms with Crippen molar-refractivity contribution in [3.8, 4) is 0 Å². The van der Waals surface area contributed by atoms with Crippen LogP contribution in [0.5, 0.6) is 0 Å². The number of carbonyl (C=O) groups is 3. The fourth-order valence-corrected chi connectivity index (χ4v) is 2.49. The summed E-state index contributed by atoms with van der Waals surface area (Å²) in [5.74, 6) is -1.53. The van der Waals surface area contributed by atoms with Gasteiger partial charge in [0.15, 0.2) is 0 Å². The highest BCUT2D eigenvalue weighted by atomic mass is 16.5. The highest BCUT2D eigenvalue weighted by Crippen LogP contribution is 2.22. The molecule has 1 aliphatic rings.